The van der Waals surface area contributed by atoms with E-state index < -0.39 is 17.1 Å². The zero-order valence-electron chi connectivity index (χ0n) is 26.2. The van der Waals surface area contributed by atoms with E-state index in [9.17, 15) is 15.0 Å². The topological polar surface area (TPSA) is 93.7 Å². The Bertz CT molecular complexity index is 1300. The molecule has 3 saturated carbocycles. The molecule has 228 valence electrons. The first-order valence-electron chi connectivity index (χ1n) is 16.1. The molecule has 4 aliphatic rings. The Labute approximate surface area is 256 Å². The highest BCUT2D eigenvalue weighted by Crippen LogP contribution is 2.68. The summed E-state index contributed by atoms with van der Waals surface area (Å²) >= 11 is 1.75. The highest BCUT2D eigenvalue weighted by Gasteiger charge is 2.68. The van der Waals surface area contributed by atoms with Crippen LogP contribution in [-0.4, -0.2) is 46.7 Å². The number of rotatable bonds is 9. The Kier molecular flexibility index (Phi) is 9.10. The maximum Gasteiger partial charge on any atom is 0.165 e. The lowest BCUT2D eigenvalue weighted by Gasteiger charge is -2.61. The molecular formula is C36H50N2O3S. The Morgan fingerprint density at radius 1 is 1.19 bits per heavy atom. The third-order valence-electron chi connectivity index (χ3n) is 11.7. The van der Waals surface area contributed by atoms with Crippen LogP contribution < -0.4 is 0 Å². The lowest BCUT2D eigenvalue weighted by atomic mass is 9.44. The first kappa shape index (κ1) is 31.4. The number of aliphatic hydroxyl groups is 2. The van der Waals surface area contributed by atoms with Gasteiger partial charge in [-0.3, -0.25) is 9.79 Å². The van der Waals surface area contributed by atoms with Gasteiger partial charge < -0.3 is 15.6 Å². The van der Waals surface area contributed by atoms with Crippen LogP contribution in [0.15, 0.2) is 56.8 Å². The van der Waals surface area contributed by atoms with Crippen LogP contribution in [0, 0.1) is 46.8 Å². The summed E-state index contributed by atoms with van der Waals surface area (Å²) < 4.78 is 0. The number of thioether (sulfide) groups is 1. The van der Waals surface area contributed by atoms with Gasteiger partial charge in [-0.25, -0.2) is 0 Å². The van der Waals surface area contributed by atoms with E-state index in [1.54, 1.807) is 18.8 Å². The highest BCUT2D eigenvalue weighted by molar-refractivity contribution is 8.03. The fourth-order valence-corrected chi connectivity index (χ4v) is 10.5. The molecule has 0 amide bonds. The van der Waals surface area contributed by atoms with Crippen LogP contribution in [-0.2, 0) is 4.79 Å². The number of Topliss-reactive ketones (excluding diaryl/α,β-unsaturated/α-hetero) is 1. The Hall–Kier alpha value is -2.02. The summed E-state index contributed by atoms with van der Waals surface area (Å²) in [4.78, 5) is 20.9. The number of allylic oxidation sites excluding steroid dienone is 4. The van der Waals surface area contributed by atoms with Gasteiger partial charge in [-0.15, -0.1) is 0 Å². The zero-order valence-corrected chi connectivity index (χ0v) is 27.0. The number of fused-ring (bicyclic) bond motifs is 5. The number of aliphatic imine (C=N–C) groups is 1. The summed E-state index contributed by atoms with van der Waals surface area (Å²) in [6.45, 7) is 8.66. The summed E-state index contributed by atoms with van der Waals surface area (Å²) in [5.41, 5.74) is 1.32. The summed E-state index contributed by atoms with van der Waals surface area (Å²) in [6.07, 6.45) is 12.8. The van der Waals surface area contributed by atoms with Gasteiger partial charge in [0.25, 0.3) is 0 Å². The van der Waals surface area contributed by atoms with E-state index in [1.165, 1.54) is 27.2 Å². The summed E-state index contributed by atoms with van der Waals surface area (Å²) in [5.74, 6) is 0.444. The minimum absolute atomic E-state index is 0.0300. The van der Waals surface area contributed by atoms with Crippen LogP contribution in [0.25, 0.3) is 0 Å². The van der Waals surface area contributed by atoms with E-state index in [4.69, 9.17) is 5.41 Å². The monoisotopic (exact) mass is 590 g/mol. The van der Waals surface area contributed by atoms with Crippen molar-refractivity contribution in [3.63, 3.8) is 0 Å². The molecule has 6 heteroatoms. The van der Waals surface area contributed by atoms with Gasteiger partial charge in [-0.1, -0.05) is 68.8 Å². The lowest BCUT2D eigenvalue weighted by molar-refractivity contribution is -0.180. The fraction of sp³-hybridized carbons (Fsp3) is 0.639. The fourth-order valence-electron chi connectivity index (χ4n) is 9.42. The first-order chi connectivity index (χ1) is 20.0. The van der Waals surface area contributed by atoms with Crippen molar-refractivity contribution in [3.8, 4) is 0 Å². The van der Waals surface area contributed by atoms with E-state index in [-0.39, 0.29) is 34.9 Å². The summed E-state index contributed by atoms with van der Waals surface area (Å²) in [6, 6.07) is 8.36. The molecule has 0 spiro atoms. The van der Waals surface area contributed by atoms with Crippen molar-refractivity contribution < 1.29 is 15.0 Å². The standard InChI is InChI=1S/C36H50N2O3S/c1-6-7-11-26(42-31-12-9-8-10-23(31)2)14-16-32(40)36(41)18-17-28-27-15-13-25-19-29(38-5)24(22-37)20-34(25,3)33(27)30(39)21-35(28,36)4/h8-12,19,22,24,27-28,30,33,37,39,41H,6-7,13-18,20-21H2,1-5H3. The quantitative estimate of drug-likeness (QED) is 0.203. The average Bonchev–Trinajstić information content (AvgIpc) is 3.24. The average molecular weight is 591 g/mol. The maximum absolute atomic E-state index is 14.0. The van der Waals surface area contributed by atoms with E-state index in [2.05, 4.69) is 69.1 Å². The maximum atomic E-state index is 14.0. The molecule has 1 aromatic rings. The molecule has 0 heterocycles. The van der Waals surface area contributed by atoms with Gasteiger partial charge in [0, 0.05) is 41.6 Å². The number of hydrogen-bond donors (Lipinski definition) is 3. The van der Waals surface area contributed by atoms with Crippen molar-refractivity contribution in [2.45, 2.75) is 109 Å². The number of carbonyl (C=O) groups is 1. The summed E-state index contributed by atoms with van der Waals surface area (Å²) in [7, 11) is 1.80. The molecule has 8 atom stereocenters. The molecule has 0 bridgehead atoms. The molecular weight excluding hydrogens is 540 g/mol. The molecule has 0 aromatic heterocycles. The lowest BCUT2D eigenvalue weighted by Crippen LogP contribution is -2.62. The molecule has 3 N–H and O–H groups in total. The van der Waals surface area contributed by atoms with Gasteiger partial charge in [-0.05, 0) is 104 Å². The van der Waals surface area contributed by atoms with E-state index >= 15 is 0 Å². The molecule has 1 aromatic carbocycles. The normalized spacial score (nSPS) is 38.8. The molecule has 0 aliphatic heterocycles. The van der Waals surface area contributed by atoms with Crippen molar-refractivity contribution in [1.82, 2.24) is 0 Å². The van der Waals surface area contributed by atoms with Gasteiger partial charge >= 0.3 is 0 Å². The van der Waals surface area contributed by atoms with Gasteiger partial charge in [0.2, 0.25) is 0 Å². The third-order valence-corrected chi connectivity index (χ3v) is 13.0. The predicted molar refractivity (Wildman–Crippen MR) is 173 cm³/mol. The molecule has 4 aliphatic carbocycles. The van der Waals surface area contributed by atoms with Crippen LogP contribution in [0.2, 0.25) is 0 Å². The van der Waals surface area contributed by atoms with Crippen molar-refractivity contribution in [1.29, 1.82) is 5.41 Å². The number of aliphatic hydroxyl groups excluding tert-OH is 1. The number of unbranched alkanes of at least 4 members (excludes halogenated alkanes) is 1. The van der Waals surface area contributed by atoms with Crippen molar-refractivity contribution in [3.05, 3.63) is 52.5 Å². The van der Waals surface area contributed by atoms with Crippen LogP contribution in [0.5, 0.6) is 0 Å². The number of nitrogens with zero attached hydrogens (tertiary/aromatic N) is 1. The molecule has 3 fully saturated rings. The van der Waals surface area contributed by atoms with Crippen molar-refractivity contribution in [2.75, 3.05) is 7.05 Å². The van der Waals surface area contributed by atoms with Crippen molar-refractivity contribution in [2.24, 2.45) is 39.5 Å². The van der Waals surface area contributed by atoms with Crippen LogP contribution in [0.4, 0.5) is 0 Å². The molecule has 5 rings (SSSR count). The Morgan fingerprint density at radius 2 is 1.95 bits per heavy atom. The molecule has 5 nitrogen and oxygen atoms in total. The minimum Gasteiger partial charge on any atom is -0.393 e. The summed E-state index contributed by atoms with van der Waals surface area (Å²) in [5, 5.41) is 32.2. The number of ketones is 1. The molecule has 8 unspecified atom stereocenters. The van der Waals surface area contributed by atoms with Crippen LogP contribution >= 0.6 is 11.8 Å². The predicted octanol–water partition coefficient (Wildman–Crippen LogP) is 7.73. The molecule has 42 heavy (non-hydrogen) atoms. The smallest absolute Gasteiger partial charge is 0.165 e. The SMILES string of the molecule is CCCC=C(CCC(=O)C1(O)CCC2C3CCC4=CC(=NC)C(C=N)CC4(C)C3C(O)CC21C)Sc1ccccc1C. The molecule has 0 radical (unpaired) electrons. The Morgan fingerprint density at radius 3 is 2.64 bits per heavy atom. The largest absolute Gasteiger partial charge is 0.393 e. The van der Waals surface area contributed by atoms with Gasteiger partial charge in [0.05, 0.1) is 6.10 Å². The van der Waals surface area contributed by atoms with Crippen molar-refractivity contribution >= 4 is 29.5 Å². The third kappa shape index (κ3) is 5.20. The number of nitrogens with one attached hydrogen (secondary N) is 1. The number of aryl methyl sites for hydroxylation is 1. The van der Waals surface area contributed by atoms with Gasteiger partial charge in [0.15, 0.2) is 5.78 Å². The van der Waals surface area contributed by atoms with E-state index in [0.29, 0.717) is 25.7 Å². The number of benzene rings is 1. The minimum atomic E-state index is -1.41. The van der Waals surface area contributed by atoms with Gasteiger partial charge in [0.1, 0.15) is 5.60 Å². The van der Waals surface area contributed by atoms with E-state index in [1.807, 2.05) is 0 Å². The van der Waals surface area contributed by atoms with Gasteiger partial charge in [-0.2, -0.15) is 0 Å². The Balaban J connectivity index is 1.36. The second kappa shape index (κ2) is 12.2. The second-order valence-corrected chi connectivity index (χ2v) is 15.1. The highest BCUT2D eigenvalue weighted by atomic mass is 32.2. The number of carbonyl (C=O) groups excluding carboxylic acids is 1. The second-order valence-electron chi connectivity index (χ2n) is 13.9. The van der Waals surface area contributed by atoms with Crippen LogP contribution in [0.1, 0.15) is 90.5 Å². The number of hydrogen-bond acceptors (Lipinski definition) is 6. The zero-order chi connectivity index (χ0) is 30.3. The first-order valence-corrected chi connectivity index (χ1v) is 16.9. The molecule has 0 saturated heterocycles. The van der Waals surface area contributed by atoms with Crippen LogP contribution in [0.3, 0.4) is 0 Å². The van der Waals surface area contributed by atoms with E-state index in [0.717, 1.165) is 44.2 Å².